The third-order valence-corrected chi connectivity index (χ3v) is 0. The summed E-state index contributed by atoms with van der Waals surface area (Å²) in [6, 6.07) is -0.833. The molecule has 0 heterocycles. The van der Waals surface area contributed by atoms with E-state index < -0.39 is 6.03 Å². The first-order valence-corrected chi connectivity index (χ1v) is 1.21. The van der Waals surface area contributed by atoms with Crippen molar-refractivity contribution in [1.82, 2.24) is 0 Å². The number of nitrogens with zero attached hydrogens (tertiary/aromatic N) is 1. The average molecular weight is 102 g/mol. The van der Waals surface area contributed by atoms with Crippen molar-refractivity contribution in [3.63, 3.8) is 0 Å². The Morgan fingerprint density at radius 1 is 1.57 bits per heavy atom. The molecule has 0 radical (unpaired) electrons. The third kappa shape index (κ3) is 17.9. The lowest BCUT2D eigenvalue weighted by Crippen LogP contribution is -2.18. The predicted octanol–water partition coefficient (Wildman–Crippen LogP) is -1.08. The van der Waals surface area contributed by atoms with Gasteiger partial charge in [0.2, 0.25) is 0 Å². The number of primary amides is 2. The summed E-state index contributed by atoms with van der Waals surface area (Å²) in [5, 5.41) is 6.76. The van der Waals surface area contributed by atoms with Crippen LogP contribution in [0.2, 0.25) is 0 Å². The van der Waals surface area contributed by atoms with Crippen LogP contribution in [0.5, 0.6) is 0 Å². The highest BCUT2D eigenvalue weighted by atomic mass is 16.2. The van der Waals surface area contributed by atoms with Crippen LogP contribution in [0.15, 0.2) is 0 Å². The van der Waals surface area contributed by atoms with Crippen molar-refractivity contribution in [2.24, 2.45) is 11.5 Å². The smallest absolute Gasteiger partial charge is 0.309 e. The number of isocyanates is 1. The lowest BCUT2D eigenvalue weighted by Gasteiger charge is -1.62. The monoisotopic (exact) mass is 102 g/mol. The molecular formula is C2H4N3O2-. The van der Waals surface area contributed by atoms with Crippen LogP contribution in [-0.4, -0.2) is 12.1 Å². The van der Waals surface area contributed by atoms with Crippen molar-refractivity contribution in [3.05, 3.63) is 5.41 Å². The maximum atomic E-state index is 9.00. The van der Waals surface area contributed by atoms with Gasteiger partial charge in [-0.2, -0.15) is 0 Å². The third-order valence-electron chi connectivity index (χ3n) is 0. The Morgan fingerprint density at radius 3 is 1.57 bits per heavy atom. The van der Waals surface area contributed by atoms with E-state index in [1.807, 2.05) is 0 Å². The highest BCUT2D eigenvalue weighted by Crippen LogP contribution is 1.25. The van der Waals surface area contributed by atoms with Gasteiger partial charge in [-0.3, -0.25) is 4.79 Å². The van der Waals surface area contributed by atoms with Crippen molar-refractivity contribution in [2.45, 2.75) is 0 Å². The lowest BCUT2D eigenvalue weighted by atomic mass is 11.2. The fourth-order valence-electron chi connectivity index (χ4n) is 0. The Bertz CT molecular complexity index is 78.9. The number of carbonyl (C=O) groups excluding carboxylic acids is 2. The van der Waals surface area contributed by atoms with Gasteiger partial charge in [0, 0.05) is 0 Å². The van der Waals surface area contributed by atoms with Crippen LogP contribution < -0.4 is 11.5 Å². The van der Waals surface area contributed by atoms with E-state index in [1.165, 1.54) is 0 Å². The Labute approximate surface area is 39.8 Å². The molecule has 0 saturated carbocycles. The summed E-state index contributed by atoms with van der Waals surface area (Å²) in [6.45, 7) is 0. The van der Waals surface area contributed by atoms with Gasteiger partial charge >= 0.3 is 6.03 Å². The highest BCUT2D eigenvalue weighted by molar-refractivity contribution is 5.69. The minimum absolute atomic E-state index is 0.500. The number of hydrogen-bond donors (Lipinski definition) is 2. The summed E-state index contributed by atoms with van der Waals surface area (Å²) in [5.41, 5.74) is 8.50. The van der Waals surface area contributed by atoms with Crippen molar-refractivity contribution < 1.29 is 9.59 Å². The van der Waals surface area contributed by atoms with Gasteiger partial charge in [0.05, 0.1) is 0 Å². The topological polar surface area (TPSA) is 108 Å². The van der Waals surface area contributed by atoms with Crippen molar-refractivity contribution in [2.75, 3.05) is 0 Å². The van der Waals surface area contributed by atoms with Gasteiger partial charge in [-0.1, -0.05) is 0 Å². The quantitative estimate of drug-likeness (QED) is 0.299. The molecule has 5 heteroatoms. The SMILES string of the molecule is NC(N)=O.[N-]=C=O. The van der Waals surface area contributed by atoms with Crippen LogP contribution in [0.25, 0.3) is 5.41 Å². The Hall–Kier alpha value is -1.35. The average Bonchev–Trinajstić information content (AvgIpc) is 1.33. The van der Waals surface area contributed by atoms with E-state index in [4.69, 9.17) is 15.0 Å². The van der Waals surface area contributed by atoms with Crippen molar-refractivity contribution in [3.8, 4) is 0 Å². The molecule has 5 nitrogen and oxygen atoms in total. The van der Waals surface area contributed by atoms with E-state index in [0.717, 1.165) is 0 Å². The summed E-state index contributed by atoms with van der Waals surface area (Å²) in [5.74, 6) is 0. The first-order valence-electron chi connectivity index (χ1n) is 1.21. The molecule has 0 aromatic carbocycles. The van der Waals surface area contributed by atoms with Gasteiger partial charge in [0.25, 0.3) is 0 Å². The first-order chi connectivity index (χ1) is 3.15. The summed E-state index contributed by atoms with van der Waals surface area (Å²) in [6.07, 6.45) is 0.500. The molecule has 0 fully saturated rings. The van der Waals surface area contributed by atoms with E-state index in [9.17, 15) is 0 Å². The molecule has 7 heavy (non-hydrogen) atoms. The molecule has 40 valence electrons. The fourth-order valence-corrected chi connectivity index (χ4v) is 0. The number of nitrogens with two attached hydrogens (primary N) is 2. The summed E-state index contributed by atoms with van der Waals surface area (Å²) in [4.78, 5) is 17.2. The molecule has 0 atom stereocenters. The minimum atomic E-state index is -0.833. The number of urea groups is 1. The zero-order valence-corrected chi connectivity index (χ0v) is 3.42. The van der Waals surface area contributed by atoms with Crippen LogP contribution in [0.1, 0.15) is 0 Å². The van der Waals surface area contributed by atoms with E-state index in [0.29, 0.717) is 6.08 Å². The second-order valence-corrected chi connectivity index (χ2v) is 0.494. The van der Waals surface area contributed by atoms with E-state index in [1.54, 1.807) is 0 Å². The molecule has 0 aliphatic heterocycles. The van der Waals surface area contributed by atoms with Gasteiger partial charge in [-0.15, -0.1) is 0 Å². The minimum Gasteiger partial charge on any atom is -0.724 e. The van der Waals surface area contributed by atoms with E-state index in [-0.39, 0.29) is 0 Å². The van der Waals surface area contributed by atoms with E-state index in [2.05, 4.69) is 11.5 Å². The second kappa shape index (κ2) is 8.82. The molecule has 0 spiro atoms. The predicted molar refractivity (Wildman–Crippen MR) is 22.8 cm³/mol. The molecular weight excluding hydrogens is 98.0 g/mol. The standard InChI is InChI=1S/CH4N2O.CNO/c2-1(3)4;2-1-3/h(H4,2,3,4);/q;-1. The molecule has 0 bridgehead atoms. The lowest BCUT2D eigenvalue weighted by molar-refractivity contribution is 0.256. The molecule has 0 saturated heterocycles. The molecule has 0 aromatic rings. The Balaban J connectivity index is 0. The van der Waals surface area contributed by atoms with Gasteiger partial charge < -0.3 is 16.9 Å². The van der Waals surface area contributed by atoms with Gasteiger partial charge in [-0.05, 0) is 6.08 Å². The van der Waals surface area contributed by atoms with Crippen LogP contribution in [-0.2, 0) is 4.79 Å². The summed E-state index contributed by atoms with van der Waals surface area (Å²) < 4.78 is 0. The van der Waals surface area contributed by atoms with Crippen LogP contribution in [0.4, 0.5) is 4.79 Å². The molecule has 4 N–H and O–H groups in total. The van der Waals surface area contributed by atoms with E-state index >= 15 is 0 Å². The molecule has 2 amide bonds. The molecule has 0 aromatic heterocycles. The first kappa shape index (κ1) is 9.17. The summed E-state index contributed by atoms with van der Waals surface area (Å²) >= 11 is 0. The highest BCUT2D eigenvalue weighted by Gasteiger charge is 1.60. The molecule has 0 unspecified atom stereocenters. The zero-order valence-electron chi connectivity index (χ0n) is 3.42. The normalized spacial score (nSPS) is 4.57. The number of amides is 2. The number of hydrogen-bond acceptors (Lipinski definition) is 2. The van der Waals surface area contributed by atoms with Gasteiger partial charge in [0.15, 0.2) is 0 Å². The zero-order chi connectivity index (χ0) is 6.28. The molecule has 0 rings (SSSR count). The second-order valence-electron chi connectivity index (χ2n) is 0.494. The fraction of sp³-hybridized carbons (Fsp3) is 0. The van der Waals surface area contributed by atoms with Crippen molar-refractivity contribution in [1.29, 1.82) is 0 Å². The summed E-state index contributed by atoms with van der Waals surface area (Å²) in [7, 11) is 0. The van der Waals surface area contributed by atoms with Crippen molar-refractivity contribution >= 4 is 12.1 Å². The van der Waals surface area contributed by atoms with Gasteiger partial charge in [-0.25, -0.2) is 4.79 Å². The Kier molecular flexibility index (Phi) is 11.6. The van der Waals surface area contributed by atoms with Crippen LogP contribution in [0.3, 0.4) is 0 Å². The maximum Gasteiger partial charge on any atom is 0.309 e. The largest absolute Gasteiger partial charge is 0.724 e. The number of carbonyl (C=O) groups is 1. The number of rotatable bonds is 0. The molecule has 0 aliphatic rings. The van der Waals surface area contributed by atoms with Gasteiger partial charge in [0.1, 0.15) is 0 Å². The molecule has 0 aliphatic carbocycles. The maximum absolute atomic E-state index is 9.00. The van der Waals surface area contributed by atoms with Crippen LogP contribution >= 0.6 is 0 Å². The Morgan fingerprint density at radius 2 is 1.57 bits per heavy atom. The van der Waals surface area contributed by atoms with Crippen LogP contribution in [0, 0.1) is 0 Å².